The van der Waals surface area contributed by atoms with Crippen LogP contribution in [0.4, 0.5) is 0 Å². The smallest absolute Gasteiger partial charge is 0.328 e. The highest BCUT2D eigenvalue weighted by Gasteiger charge is 2.13. The number of carboxylic acid groups (broad SMARTS) is 1. The second-order valence-corrected chi connectivity index (χ2v) is 6.03. The highest BCUT2D eigenvalue weighted by molar-refractivity contribution is 7.10. The molecule has 2 rings (SSSR count). The van der Waals surface area contributed by atoms with Gasteiger partial charge in [-0.1, -0.05) is 19.3 Å². The minimum atomic E-state index is -0.915. The van der Waals surface area contributed by atoms with Crippen molar-refractivity contribution in [2.24, 2.45) is 5.92 Å². The second kappa shape index (κ2) is 7.46. The normalized spacial score (nSPS) is 17.1. The Labute approximate surface area is 117 Å². The van der Waals surface area contributed by atoms with E-state index in [2.05, 4.69) is 0 Å². The predicted molar refractivity (Wildman–Crippen MR) is 77.2 cm³/mol. The molecule has 0 aliphatic heterocycles. The van der Waals surface area contributed by atoms with Crippen LogP contribution in [0.15, 0.2) is 17.5 Å². The van der Waals surface area contributed by atoms with Crippen molar-refractivity contribution in [3.8, 4) is 0 Å². The van der Waals surface area contributed by atoms with Crippen molar-refractivity contribution in [3.63, 3.8) is 0 Å². The molecule has 1 N–H and O–H groups in total. The third-order valence-electron chi connectivity index (χ3n) is 3.42. The van der Waals surface area contributed by atoms with E-state index < -0.39 is 5.97 Å². The maximum atomic E-state index is 10.4. The number of hydrogen-bond donors (Lipinski definition) is 1. The lowest BCUT2D eigenvalue weighted by Gasteiger charge is -2.21. The van der Waals surface area contributed by atoms with Gasteiger partial charge < -0.3 is 9.84 Å². The summed E-state index contributed by atoms with van der Waals surface area (Å²) in [5, 5.41) is 10.5. The Morgan fingerprint density at radius 3 is 2.95 bits per heavy atom. The molecule has 0 bridgehead atoms. The molecule has 1 heterocycles. The zero-order chi connectivity index (χ0) is 13.5. The predicted octanol–water partition coefficient (Wildman–Crippen LogP) is 3.94. The van der Waals surface area contributed by atoms with Gasteiger partial charge in [0.15, 0.2) is 0 Å². The van der Waals surface area contributed by atoms with Crippen molar-refractivity contribution >= 4 is 23.4 Å². The number of ether oxygens (including phenoxy) is 1. The summed E-state index contributed by atoms with van der Waals surface area (Å²) in [6, 6.07) is 1.99. The Bertz CT molecular complexity index is 430. The summed E-state index contributed by atoms with van der Waals surface area (Å²) in [7, 11) is 0. The Balaban J connectivity index is 1.72. The summed E-state index contributed by atoms with van der Waals surface area (Å²) in [6.45, 7) is 1.50. The monoisotopic (exact) mass is 280 g/mol. The van der Waals surface area contributed by atoms with E-state index in [4.69, 9.17) is 9.84 Å². The average molecular weight is 280 g/mol. The Morgan fingerprint density at radius 2 is 2.21 bits per heavy atom. The lowest BCUT2D eigenvalue weighted by Crippen LogP contribution is -2.12. The summed E-state index contributed by atoms with van der Waals surface area (Å²) in [4.78, 5) is 11.6. The number of rotatable bonds is 6. The third-order valence-corrected chi connectivity index (χ3v) is 4.34. The summed E-state index contributed by atoms with van der Waals surface area (Å²) in [5.74, 6) is -0.179. The van der Waals surface area contributed by atoms with Crippen molar-refractivity contribution in [3.05, 3.63) is 28.0 Å². The molecule has 0 spiro atoms. The van der Waals surface area contributed by atoms with Gasteiger partial charge in [0, 0.05) is 17.6 Å². The Kier molecular flexibility index (Phi) is 5.61. The van der Waals surface area contributed by atoms with Crippen molar-refractivity contribution < 1.29 is 14.6 Å². The van der Waals surface area contributed by atoms with Gasteiger partial charge in [-0.15, -0.1) is 11.3 Å². The molecule has 0 saturated heterocycles. The first-order chi connectivity index (χ1) is 9.24. The van der Waals surface area contributed by atoms with Crippen LogP contribution in [0.1, 0.15) is 42.5 Å². The molecule has 1 aromatic heterocycles. The molecule has 104 valence electrons. The van der Waals surface area contributed by atoms with E-state index >= 15 is 0 Å². The van der Waals surface area contributed by atoms with Crippen LogP contribution in [-0.2, 0) is 16.1 Å². The summed E-state index contributed by atoms with van der Waals surface area (Å²) in [5.41, 5.74) is 0.934. The summed E-state index contributed by atoms with van der Waals surface area (Å²) >= 11 is 1.62. The number of hydrogen-bond acceptors (Lipinski definition) is 3. The van der Waals surface area contributed by atoms with E-state index in [0.29, 0.717) is 6.61 Å². The molecule has 0 aromatic carbocycles. The van der Waals surface area contributed by atoms with E-state index in [1.54, 1.807) is 17.4 Å². The fourth-order valence-electron chi connectivity index (χ4n) is 2.41. The van der Waals surface area contributed by atoms with Gasteiger partial charge in [-0.25, -0.2) is 4.79 Å². The van der Waals surface area contributed by atoms with Gasteiger partial charge in [-0.3, -0.25) is 0 Å². The number of thiophene rings is 1. The largest absolute Gasteiger partial charge is 0.478 e. The Hall–Kier alpha value is -1.13. The molecular formula is C15H20O3S. The van der Waals surface area contributed by atoms with Gasteiger partial charge in [0.25, 0.3) is 0 Å². The van der Waals surface area contributed by atoms with Crippen molar-refractivity contribution in [2.75, 3.05) is 6.61 Å². The van der Waals surface area contributed by atoms with Crippen LogP contribution < -0.4 is 0 Å². The SMILES string of the molecule is O=C(O)C=Cc1csc(COCC2CCCCC2)c1. The maximum Gasteiger partial charge on any atom is 0.328 e. The minimum absolute atomic E-state index is 0.641. The minimum Gasteiger partial charge on any atom is -0.478 e. The highest BCUT2D eigenvalue weighted by Crippen LogP contribution is 2.24. The third kappa shape index (κ3) is 5.17. The van der Waals surface area contributed by atoms with Crippen LogP contribution in [0.3, 0.4) is 0 Å². The van der Waals surface area contributed by atoms with Crippen LogP contribution >= 0.6 is 11.3 Å². The van der Waals surface area contributed by atoms with Crippen molar-refractivity contribution in [1.82, 2.24) is 0 Å². The quantitative estimate of drug-likeness (QED) is 0.803. The van der Waals surface area contributed by atoms with Gasteiger partial charge in [0.2, 0.25) is 0 Å². The van der Waals surface area contributed by atoms with Gasteiger partial charge in [0.05, 0.1) is 6.61 Å². The molecule has 1 saturated carbocycles. The topological polar surface area (TPSA) is 46.5 Å². The molecule has 1 aliphatic carbocycles. The van der Waals surface area contributed by atoms with E-state index in [1.807, 2.05) is 11.4 Å². The number of aliphatic carboxylic acids is 1. The van der Waals surface area contributed by atoms with E-state index in [1.165, 1.54) is 32.1 Å². The van der Waals surface area contributed by atoms with Gasteiger partial charge >= 0.3 is 5.97 Å². The van der Waals surface area contributed by atoms with Crippen LogP contribution in [0.25, 0.3) is 6.08 Å². The highest BCUT2D eigenvalue weighted by atomic mass is 32.1. The molecule has 4 heteroatoms. The fourth-order valence-corrected chi connectivity index (χ4v) is 3.20. The molecule has 0 atom stereocenters. The van der Waals surface area contributed by atoms with Crippen LogP contribution in [0.2, 0.25) is 0 Å². The fraction of sp³-hybridized carbons (Fsp3) is 0.533. The van der Waals surface area contributed by atoms with Gasteiger partial charge in [-0.05, 0) is 41.8 Å². The van der Waals surface area contributed by atoms with Gasteiger partial charge in [-0.2, -0.15) is 0 Å². The van der Waals surface area contributed by atoms with Crippen molar-refractivity contribution in [1.29, 1.82) is 0 Å². The first-order valence-corrected chi connectivity index (χ1v) is 7.68. The number of carboxylic acids is 1. The average Bonchev–Trinajstić information content (AvgIpc) is 2.86. The first-order valence-electron chi connectivity index (χ1n) is 6.80. The number of carbonyl (C=O) groups is 1. The first kappa shape index (κ1) is 14.3. The van der Waals surface area contributed by atoms with Crippen LogP contribution in [-0.4, -0.2) is 17.7 Å². The molecule has 0 amide bonds. The van der Waals surface area contributed by atoms with E-state index in [0.717, 1.165) is 29.0 Å². The summed E-state index contributed by atoms with van der Waals surface area (Å²) < 4.78 is 5.77. The zero-order valence-corrected chi connectivity index (χ0v) is 11.8. The standard InChI is InChI=1S/C15H20O3S/c16-15(17)7-6-13-8-14(19-11-13)10-18-9-12-4-2-1-3-5-12/h6-8,11-12H,1-5,9-10H2,(H,16,17). The molecule has 19 heavy (non-hydrogen) atoms. The molecule has 0 unspecified atom stereocenters. The van der Waals surface area contributed by atoms with E-state index in [-0.39, 0.29) is 0 Å². The molecule has 1 aromatic rings. The van der Waals surface area contributed by atoms with Crippen LogP contribution in [0.5, 0.6) is 0 Å². The molecule has 0 radical (unpaired) electrons. The molecule has 3 nitrogen and oxygen atoms in total. The van der Waals surface area contributed by atoms with Gasteiger partial charge in [0.1, 0.15) is 0 Å². The Morgan fingerprint density at radius 1 is 1.42 bits per heavy atom. The lowest BCUT2D eigenvalue weighted by atomic mass is 9.90. The lowest BCUT2D eigenvalue weighted by molar-refractivity contribution is -0.131. The summed E-state index contributed by atoms with van der Waals surface area (Å²) in [6.07, 6.45) is 9.45. The van der Waals surface area contributed by atoms with Crippen molar-refractivity contribution in [2.45, 2.75) is 38.7 Å². The molecular weight excluding hydrogens is 260 g/mol. The second-order valence-electron chi connectivity index (χ2n) is 5.04. The van der Waals surface area contributed by atoms with E-state index in [9.17, 15) is 4.79 Å². The maximum absolute atomic E-state index is 10.4. The zero-order valence-electron chi connectivity index (χ0n) is 11.0. The van der Waals surface area contributed by atoms with Crippen LogP contribution in [0, 0.1) is 5.92 Å². The molecule has 1 fully saturated rings. The molecule has 1 aliphatic rings.